The summed E-state index contributed by atoms with van der Waals surface area (Å²) in [6.45, 7) is 8.42. The molecule has 0 N–H and O–H groups in total. The first kappa shape index (κ1) is 32.8. The van der Waals surface area contributed by atoms with Gasteiger partial charge in [-0.15, -0.1) is 0 Å². The fraction of sp³-hybridized carbons (Fsp3) is 0.606. The highest BCUT2D eigenvalue weighted by molar-refractivity contribution is 7.89. The molecule has 0 unspecified atom stereocenters. The predicted octanol–water partition coefficient (Wildman–Crippen LogP) is 4.25. The highest BCUT2D eigenvalue weighted by Gasteiger charge is 2.40. The van der Waals surface area contributed by atoms with Crippen molar-refractivity contribution in [1.82, 2.24) is 14.1 Å². The molecule has 3 fully saturated rings. The van der Waals surface area contributed by atoms with Gasteiger partial charge in [0.15, 0.2) is 0 Å². The first-order valence-corrected chi connectivity index (χ1v) is 17.2. The molecule has 1 saturated carbocycles. The van der Waals surface area contributed by atoms with Crippen molar-refractivity contribution in [3.8, 4) is 5.75 Å². The number of amides is 1. The van der Waals surface area contributed by atoms with Crippen LogP contribution in [0.1, 0.15) is 55.2 Å². The molecule has 1 aliphatic carbocycles. The van der Waals surface area contributed by atoms with Crippen LogP contribution in [0.2, 0.25) is 0 Å². The Morgan fingerprint density at radius 2 is 1.64 bits per heavy atom. The number of likely N-dealkylation sites (tertiary alicyclic amines) is 2. The molecule has 0 aromatic heterocycles. The molecule has 2 aromatic rings. The highest BCUT2D eigenvalue weighted by atomic mass is 32.2. The van der Waals surface area contributed by atoms with Gasteiger partial charge in [0.25, 0.3) is 0 Å². The zero-order valence-electron chi connectivity index (χ0n) is 26.2. The third-order valence-electron chi connectivity index (χ3n) is 9.15. The predicted molar refractivity (Wildman–Crippen MR) is 166 cm³/mol. The second-order valence-corrected chi connectivity index (χ2v) is 14.1. The number of sulfonamides is 1. The van der Waals surface area contributed by atoms with Gasteiger partial charge in [-0.05, 0) is 106 Å². The van der Waals surface area contributed by atoms with Gasteiger partial charge < -0.3 is 24.0 Å². The van der Waals surface area contributed by atoms with Crippen molar-refractivity contribution in [3.05, 3.63) is 58.9 Å². The minimum absolute atomic E-state index is 0.0487. The Morgan fingerprint density at radius 1 is 1.00 bits per heavy atom. The summed E-state index contributed by atoms with van der Waals surface area (Å²) in [6, 6.07) is 9.95. The zero-order chi connectivity index (χ0) is 31.3. The number of benzene rings is 2. The highest BCUT2D eigenvalue weighted by Crippen LogP contribution is 2.38. The molecule has 2 aliphatic heterocycles. The molecule has 1 amide bonds. The second kappa shape index (κ2) is 14.2. The minimum atomic E-state index is -3.74. The lowest BCUT2D eigenvalue weighted by Gasteiger charge is -2.42. The molecular formula is C33H46FN3O6S. The lowest BCUT2D eigenvalue weighted by molar-refractivity contribution is -0.144. The number of halogens is 1. The number of ether oxygens (including phenoxy) is 3. The Balaban J connectivity index is 1.14. The van der Waals surface area contributed by atoms with Crippen molar-refractivity contribution in [2.24, 2.45) is 0 Å². The van der Waals surface area contributed by atoms with Crippen molar-refractivity contribution in [2.75, 3.05) is 66.2 Å². The van der Waals surface area contributed by atoms with Crippen molar-refractivity contribution in [1.29, 1.82) is 0 Å². The van der Waals surface area contributed by atoms with Crippen LogP contribution in [-0.2, 0) is 29.9 Å². The van der Waals surface area contributed by atoms with E-state index in [-0.39, 0.29) is 37.5 Å². The number of piperidine rings is 1. The summed E-state index contributed by atoms with van der Waals surface area (Å²) in [5.41, 5.74) is 1.66. The number of nitrogens with zero attached hydrogens (tertiary/aromatic N) is 3. The summed E-state index contributed by atoms with van der Waals surface area (Å²) in [5.74, 6) is 0.213. The van der Waals surface area contributed by atoms with Gasteiger partial charge in [-0.25, -0.2) is 12.8 Å². The van der Waals surface area contributed by atoms with Crippen LogP contribution in [0, 0.1) is 19.7 Å². The lowest BCUT2D eigenvalue weighted by Crippen LogP contribution is -2.48. The van der Waals surface area contributed by atoms with Crippen LogP contribution >= 0.6 is 0 Å². The molecule has 2 saturated heterocycles. The van der Waals surface area contributed by atoms with Crippen molar-refractivity contribution in [3.63, 3.8) is 0 Å². The summed E-state index contributed by atoms with van der Waals surface area (Å²) >= 11 is 0. The molecule has 3 aliphatic rings. The molecular weight excluding hydrogens is 585 g/mol. The average molecular weight is 632 g/mol. The van der Waals surface area contributed by atoms with Crippen molar-refractivity contribution in [2.45, 2.75) is 68.9 Å². The van der Waals surface area contributed by atoms with E-state index >= 15 is 0 Å². The number of hydrogen-bond acceptors (Lipinski definition) is 7. The first-order valence-electron chi connectivity index (χ1n) is 15.8. The van der Waals surface area contributed by atoms with Gasteiger partial charge in [-0.2, -0.15) is 4.31 Å². The second-order valence-electron chi connectivity index (χ2n) is 12.3. The van der Waals surface area contributed by atoms with Gasteiger partial charge in [0.2, 0.25) is 15.9 Å². The maximum Gasteiger partial charge on any atom is 0.248 e. The zero-order valence-corrected chi connectivity index (χ0v) is 27.0. The SMILES string of the molecule is COc1cc(C)c(S(=O)(=O)N(CCOCC(=O)N2CCC(OCCN3CCCC3)(c3ccc(F)cc3)CC2)C2CC2)c(C)c1. The molecule has 0 spiro atoms. The van der Waals surface area contributed by atoms with E-state index in [4.69, 9.17) is 14.2 Å². The third kappa shape index (κ3) is 7.62. The van der Waals surface area contributed by atoms with E-state index in [9.17, 15) is 17.6 Å². The number of rotatable bonds is 14. The molecule has 0 radical (unpaired) electrons. The summed E-state index contributed by atoms with van der Waals surface area (Å²) in [5, 5.41) is 0. The molecule has 2 heterocycles. The van der Waals surface area contributed by atoms with E-state index < -0.39 is 15.6 Å². The smallest absolute Gasteiger partial charge is 0.248 e. The summed E-state index contributed by atoms with van der Waals surface area (Å²) in [4.78, 5) is 17.6. The summed E-state index contributed by atoms with van der Waals surface area (Å²) < 4.78 is 60.2. The Morgan fingerprint density at radius 3 is 2.23 bits per heavy atom. The number of methoxy groups -OCH3 is 1. The van der Waals surface area contributed by atoms with E-state index in [0.717, 1.165) is 38.0 Å². The molecule has 44 heavy (non-hydrogen) atoms. The van der Waals surface area contributed by atoms with Gasteiger partial charge in [-0.1, -0.05) is 12.1 Å². The van der Waals surface area contributed by atoms with Crippen molar-refractivity contribution >= 4 is 15.9 Å². The Bertz CT molecular complexity index is 1360. The van der Waals surface area contributed by atoms with E-state index in [1.165, 1.54) is 29.3 Å². The van der Waals surface area contributed by atoms with Crippen LogP contribution in [0.4, 0.5) is 4.39 Å². The van der Waals surface area contributed by atoms with E-state index in [0.29, 0.717) is 54.3 Å². The number of carbonyl (C=O) groups is 1. The third-order valence-corrected chi connectivity index (χ3v) is 11.4. The van der Waals surface area contributed by atoms with Crippen LogP contribution in [0.3, 0.4) is 0 Å². The van der Waals surface area contributed by atoms with E-state index in [2.05, 4.69) is 4.90 Å². The van der Waals surface area contributed by atoms with E-state index in [1.54, 1.807) is 50.1 Å². The molecule has 242 valence electrons. The maximum atomic E-state index is 13.7. The van der Waals surface area contributed by atoms with Gasteiger partial charge in [0, 0.05) is 32.2 Å². The molecule has 9 nitrogen and oxygen atoms in total. The summed E-state index contributed by atoms with van der Waals surface area (Å²) in [7, 11) is -2.18. The van der Waals surface area contributed by atoms with Crippen LogP contribution < -0.4 is 4.74 Å². The van der Waals surface area contributed by atoms with Gasteiger partial charge in [0.1, 0.15) is 18.2 Å². The average Bonchev–Trinajstić information content (AvgIpc) is 3.70. The van der Waals surface area contributed by atoms with Crippen LogP contribution in [0.25, 0.3) is 0 Å². The molecule has 0 bridgehead atoms. The monoisotopic (exact) mass is 631 g/mol. The lowest BCUT2D eigenvalue weighted by atomic mass is 9.84. The molecule has 5 rings (SSSR count). The Kier molecular flexibility index (Phi) is 10.6. The Labute approximate surface area is 261 Å². The van der Waals surface area contributed by atoms with Crippen LogP contribution in [0.5, 0.6) is 5.75 Å². The normalized spacial score (nSPS) is 19.1. The van der Waals surface area contributed by atoms with Gasteiger partial charge in [0.05, 0.1) is 30.8 Å². The molecule has 2 aromatic carbocycles. The largest absolute Gasteiger partial charge is 0.497 e. The van der Waals surface area contributed by atoms with Crippen molar-refractivity contribution < 1.29 is 31.8 Å². The number of aryl methyl sites for hydroxylation is 2. The molecule has 11 heteroatoms. The summed E-state index contributed by atoms with van der Waals surface area (Å²) in [6.07, 6.45) is 5.29. The number of carbonyl (C=O) groups excluding carboxylic acids is 1. The minimum Gasteiger partial charge on any atom is -0.497 e. The number of hydrogen-bond donors (Lipinski definition) is 0. The maximum absolute atomic E-state index is 13.7. The quantitative estimate of drug-likeness (QED) is 0.288. The van der Waals surface area contributed by atoms with Crippen LogP contribution in [0.15, 0.2) is 41.3 Å². The van der Waals surface area contributed by atoms with Crippen LogP contribution in [-0.4, -0.2) is 101 Å². The van der Waals surface area contributed by atoms with E-state index in [1.807, 2.05) is 0 Å². The van der Waals surface area contributed by atoms with Gasteiger partial charge in [-0.3, -0.25) is 4.79 Å². The Hall–Kier alpha value is -2.57. The fourth-order valence-corrected chi connectivity index (χ4v) is 8.67. The topological polar surface area (TPSA) is 88.6 Å². The molecule has 0 atom stereocenters. The standard InChI is InChI=1S/C33H46FN3O6S/c1-25-22-30(41-3)23-26(2)32(25)44(39,40)37(29-10-11-29)19-20-42-24-31(38)36-16-12-33(13-17-36,27-6-8-28(34)9-7-27)43-21-18-35-14-4-5-15-35/h6-9,22-23,29H,4-5,10-21,24H2,1-3H3. The van der Waals surface area contributed by atoms with Gasteiger partial charge >= 0.3 is 0 Å². The first-order chi connectivity index (χ1) is 21.1. The fourth-order valence-electron chi connectivity index (χ4n) is 6.58.